The number of ketones is 1. The molecule has 2 amide bonds. The third-order valence-corrected chi connectivity index (χ3v) is 6.98. The molecule has 6 heteroatoms. The molecule has 1 heterocycles. The number of methoxy groups -OCH3 is 1. The minimum atomic E-state index is -0.591. The zero-order valence-corrected chi connectivity index (χ0v) is 21.2. The highest BCUT2D eigenvalue weighted by Crippen LogP contribution is 2.24. The lowest BCUT2D eigenvalue weighted by atomic mass is 9.88. The van der Waals surface area contributed by atoms with E-state index < -0.39 is 6.04 Å². The number of carbonyl (C=O) groups excluding carboxylic acids is 3. The number of ether oxygens (including phenoxy) is 1. The number of carbonyl (C=O) groups is 3. The molecule has 0 saturated carbocycles. The maximum Gasteiger partial charge on any atom is 0.245 e. The van der Waals surface area contributed by atoms with Crippen LogP contribution in [-0.2, 0) is 16.0 Å². The molecule has 1 N–H and O–H groups in total. The van der Waals surface area contributed by atoms with E-state index in [9.17, 15) is 14.4 Å². The monoisotopic (exact) mass is 486 g/mol. The molecule has 0 bridgehead atoms. The summed E-state index contributed by atoms with van der Waals surface area (Å²) in [5.74, 6) is 0.427. The number of benzene rings is 3. The largest absolute Gasteiger partial charge is 0.497 e. The van der Waals surface area contributed by atoms with Crippen LogP contribution in [0.25, 0.3) is 10.8 Å². The van der Waals surface area contributed by atoms with Crippen molar-refractivity contribution < 1.29 is 19.1 Å². The highest BCUT2D eigenvalue weighted by molar-refractivity contribution is 5.98. The first kappa shape index (κ1) is 25.4. The normalized spacial score (nSPS) is 15.1. The second kappa shape index (κ2) is 11.4. The Morgan fingerprint density at radius 3 is 2.25 bits per heavy atom. The molecular weight excluding hydrogens is 452 g/mol. The maximum atomic E-state index is 13.3. The van der Waals surface area contributed by atoms with Crippen LogP contribution in [0.15, 0.2) is 66.7 Å². The molecule has 1 fully saturated rings. The van der Waals surface area contributed by atoms with Crippen LogP contribution in [0.5, 0.6) is 5.75 Å². The highest BCUT2D eigenvalue weighted by Gasteiger charge is 2.33. The SMILES string of the molecule is COc1ccc(C(=O)C2CCN(C(=O)C(NC(=O)Cc3ccc4ccccc4c3)C(C)C)CC2)cc1. The van der Waals surface area contributed by atoms with E-state index in [1.807, 2.05) is 56.3 Å². The molecule has 0 spiro atoms. The lowest BCUT2D eigenvalue weighted by Crippen LogP contribution is -2.53. The summed E-state index contributed by atoms with van der Waals surface area (Å²) >= 11 is 0. The van der Waals surface area contributed by atoms with Crippen LogP contribution in [0.2, 0.25) is 0 Å². The zero-order valence-electron chi connectivity index (χ0n) is 21.2. The molecule has 6 nitrogen and oxygen atoms in total. The predicted molar refractivity (Wildman–Crippen MR) is 141 cm³/mol. The molecule has 1 aliphatic rings. The van der Waals surface area contributed by atoms with Gasteiger partial charge < -0.3 is 15.0 Å². The van der Waals surface area contributed by atoms with E-state index >= 15 is 0 Å². The maximum absolute atomic E-state index is 13.3. The van der Waals surface area contributed by atoms with Crippen molar-refractivity contribution in [3.05, 3.63) is 77.9 Å². The standard InChI is InChI=1S/C30H34N2O4/c1-20(2)28(31-27(33)19-21-8-9-22-6-4-5-7-25(22)18-21)30(35)32-16-14-24(15-17-32)29(34)23-10-12-26(36-3)13-11-23/h4-13,18,20,24,28H,14-17,19H2,1-3H3,(H,31,33). The number of nitrogens with one attached hydrogen (secondary N) is 1. The van der Waals surface area contributed by atoms with Gasteiger partial charge in [-0.3, -0.25) is 14.4 Å². The molecule has 0 radical (unpaired) electrons. The summed E-state index contributed by atoms with van der Waals surface area (Å²) in [4.78, 5) is 40.9. The smallest absolute Gasteiger partial charge is 0.245 e. The molecule has 1 saturated heterocycles. The summed E-state index contributed by atoms with van der Waals surface area (Å²) in [6, 6.07) is 20.6. The second-order valence-electron chi connectivity index (χ2n) is 9.84. The van der Waals surface area contributed by atoms with E-state index in [2.05, 4.69) is 5.32 Å². The Kier molecular flexibility index (Phi) is 8.04. The van der Waals surface area contributed by atoms with Crippen LogP contribution in [0, 0.1) is 11.8 Å². The van der Waals surface area contributed by atoms with Gasteiger partial charge in [-0.15, -0.1) is 0 Å². The first-order chi connectivity index (χ1) is 17.4. The minimum absolute atomic E-state index is 0.0447. The Balaban J connectivity index is 1.33. The number of rotatable bonds is 8. The number of amides is 2. The van der Waals surface area contributed by atoms with Gasteiger partial charge in [-0.2, -0.15) is 0 Å². The average molecular weight is 487 g/mol. The van der Waals surface area contributed by atoms with E-state index in [4.69, 9.17) is 4.74 Å². The number of hydrogen-bond donors (Lipinski definition) is 1. The molecule has 3 aromatic carbocycles. The summed E-state index contributed by atoms with van der Waals surface area (Å²) in [7, 11) is 1.60. The summed E-state index contributed by atoms with van der Waals surface area (Å²) in [6.45, 7) is 4.90. The van der Waals surface area contributed by atoms with Crippen molar-refractivity contribution in [2.75, 3.05) is 20.2 Å². The molecule has 3 aromatic rings. The van der Waals surface area contributed by atoms with Crippen LogP contribution in [0.3, 0.4) is 0 Å². The van der Waals surface area contributed by atoms with E-state index in [-0.39, 0.29) is 35.9 Å². The summed E-state index contributed by atoms with van der Waals surface area (Å²) < 4.78 is 5.17. The Labute approximate surface area is 212 Å². The Morgan fingerprint density at radius 1 is 0.944 bits per heavy atom. The fraction of sp³-hybridized carbons (Fsp3) is 0.367. The van der Waals surface area contributed by atoms with E-state index in [0.29, 0.717) is 37.2 Å². The molecule has 1 unspecified atom stereocenters. The van der Waals surface area contributed by atoms with E-state index in [1.54, 1.807) is 36.3 Å². The molecular formula is C30H34N2O4. The van der Waals surface area contributed by atoms with E-state index in [1.165, 1.54) is 0 Å². The van der Waals surface area contributed by atoms with Crippen molar-refractivity contribution in [1.82, 2.24) is 10.2 Å². The second-order valence-corrected chi connectivity index (χ2v) is 9.84. The first-order valence-electron chi connectivity index (χ1n) is 12.6. The number of nitrogens with zero attached hydrogens (tertiary/aromatic N) is 1. The van der Waals surface area contributed by atoms with Crippen LogP contribution in [0.1, 0.15) is 42.6 Å². The van der Waals surface area contributed by atoms with Crippen LogP contribution < -0.4 is 10.1 Å². The summed E-state index contributed by atoms with van der Waals surface area (Å²) in [5.41, 5.74) is 1.58. The fourth-order valence-corrected chi connectivity index (χ4v) is 4.82. The van der Waals surface area contributed by atoms with Crippen LogP contribution >= 0.6 is 0 Å². The zero-order chi connectivity index (χ0) is 25.7. The molecule has 1 aliphatic heterocycles. The van der Waals surface area contributed by atoms with Crippen LogP contribution in [-0.4, -0.2) is 48.7 Å². The van der Waals surface area contributed by atoms with E-state index in [0.717, 1.165) is 16.3 Å². The summed E-state index contributed by atoms with van der Waals surface area (Å²) in [5, 5.41) is 5.19. The molecule has 188 valence electrons. The molecule has 0 aliphatic carbocycles. The highest BCUT2D eigenvalue weighted by atomic mass is 16.5. The average Bonchev–Trinajstić information content (AvgIpc) is 2.91. The van der Waals surface area contributed by atoms with Crippen molar-refractivity contribution in [3.8, 4) is 5.75 Å². The number of Topliss-reactive ketones (excluding diaryl/α,β-unsaturated/α-hetero) is 1. The van der Waals surface area contributed by atoms with Gasteiger partial charge in [-0.1, -0.05) is 56.3 Å². The summed E-state index contributed by atoms with van der Waals surface area (Å²) in [6.07, 6.45) is 1.46. The number of piperidine rings is 1. The predicted octanol–water partition coefficient (Wildman–Crippen LogP) is 4.65. The van der Waals surface area contributed by atoms with Gasteiger partial charge in [0.05, 0.1) is 13.5 Å². The molecule has 0 aromatic heterocycles. The van der Waals surface area contributed by atoms with Crippen molar-refractivity contribution in [3.63, 3.8) is 0 Å². The molecule has 1 atom stereocenters. The quantitative estimate of drug-likeness (QED) is 0.470. The Morgan fingerprint density at radius 2 is 1.61 bits per heavy atom. The Bertz CT molecular complexity index is 1230. The van der Waals surface area contributed by atoms with Gasteiger partial charge in [0.2, 0.25) is 11.8 Å². The van der Waals surface area contributed by atoms with Gasteiger partial charge in [-0.25, -0.2) is 0 Å². The van der Waals surface area contributed by atoms with Crippen molar-refractivity contribution in [2.24, 2.45) is 11.8 Å². The first-order valence-corrected chi connectivity index (χ1v) is 12.6. The van der Waals surface area contributed by atoms with Crippen molar-refractivity contribution >= 4 is 28.4 Å². The number of hydrogen-bond acceptors (Lipinski definition) is 4. The van der Waals surface area contributed by atoms with Gasteiger partial charge in [0, 0.05) is 24.6 Å². The van der Waals surface area contributed by atoms with Gasteiger partial charge in [-0.05, 0) is 59.4 Å². The Hall–Kier alpha value is -3.67. The fourth-order valence-electron chi connectivity index (χ4n) is 4.82. The lowest BCUT2D eigenvalue weighted by Gasteiger charge is -2.35. The third-order valence-electron chi connectivity index (χ3n) is 6.98. The molecule has 36 heavy (non-hydrogen) atoms. The van der Waals surface area contributed by atoms with Gasteiger partial charge >= 0.3 is 0 Å². The minimum Gasteiger partial charge on any atom is -0.497 e. The lowest BCUT2D eigenvalue weighted by molar-refractivity contribution is -0.138. The third kappa shape index (κ3) is 5.93. The van der Waals surface area contributed by atoms with Gasteiger partial charge in [0.15, 0.2) is 5.78 Å². The van der Waals surface area contributed by atoms with Crippen molar-refractivity contribution in [2.45, 2.75) is 39.2 Å². The van der Waals surface area contributed by atoms with Gasteiger partial charge in [0.25, 0.3) is 0 Å². The molecule has 4 rings (SSSR count). The van der Waals surface area contributed by atoms with Crippen LogP contribution in [0.4, 0.5) is 0 Å². The van der Waals surface area contributed by atoms with Crippen molar-refractivity contribution in [1.29, 1.82) is 0 Å². The number of likely N-dealkylation sites (tertiary alicyclic amines) is 1. The number of fused-ring (bicyclic) bond motifs is 1. The topological polar surface area (TPSA) is 75.7 Å². The van der Waals surface area contributed by atoms with Gasteiger partial charge in [0.1, 0.15) is 11.8 Å².